The van der Waals surface area contributed by atoms with Crippen LogP contribution in [0.3, 0.4) is 0 Å². The Kier molecular flexibility index (Phi) is 4.56. The van der Waals surface area contributed by atoms with Gasteiger partial charge in [0.05, 0.1) is 4.90 Å². The quantitative estimate of drug-likeness (QED) is 0.713. The molecule has 6 nitrogen and oxygen atoms in total. The Morgan fingerprint density at radius 3 is 2.52 bits per heavy atom. The molecule has 2 saturated heterocycles. The van der Waals surface area contributed by atoms with Crippen molar-refractivity contribution in [1.29, 1.82) is 0 Å². The van der Waals surface area contributed by atoms with E-state index in [0.29, 0.717) is 30.1 Å². The fraction of sp³-hybridized carbons (Fsp3) is 0.611. The van der Waals surface area contributed by atoms with Gasteiger partial charge in [-0.3, -0.25) is 4.79 Å². The number of nitrogens with one attached hydrogen (secondary N) is 3. The first-order valence-corrected chi connectivity index (χ1v) is 10.6. The van der Waals surface area contributed by atoms with E-state index < -0.39 is 10.0 Å². The van der Waals surface area contributed by atoms with Gasteiger partial charge in [0, 0.05) is 30.2 Å². The van der Waals surface area contributed by atoms with Crippen LogP contribution in [0.15, 0.2) is 29.2 Å². The highest BCUT2D eigenvalue weighted by Gasteiger charge is 2.34. The number of carbonyl (C=O) groups is 1. The largest absolute Gasteiger partial charge is 0.349 e. The summed E-state index contributed by atoms with van der Waals surface area (Å²) in [6, 6.07) is 7.48. The van der Waals surface area contributed by atoms with Crippen LogP contribution in [0.2, 0.25) is 0 Å². The fourth-order valence-electron chi connectivity index (χ4n) is 3.88. The lowest BCUT2D eigenvalue weighted by molar-refractivity contribution is 0.0923. The van der Waals surface area contributed by atoms with E-state index in [-0.39, 0.29) is 16.8 Å². The van der Waals surface area contributed by atoms with Gasteiger partial charge in [-0.1, -0.05) is 6.07 Å². The van der Waals surface area contributed by atoms with E-state index >= 15 is 0 Å². The van der Waals surface area contributed by atoms with Crippen molar-refractivity contribution in [2.75, 3.05) is 6.54 Å². The molecular formula is C18H25N3O3S. The number of sulfonamides is 1. The van der Waals surface area contributed by atoms with Gasteiger partial charge in [-0.05, 0) is 62.6 Å². The Morgan fingerprint density at radius 2 is 1.84 bits per heavy atom. The van der Waals surface area contributed by atoms with Crippen LogP contribution in [-0.2, 0) is 10.0 Å². The molecule has 1 aromatic carbocycles. The molecule has 2 aliphatic heterocycles. The highest BCUT2D eigenvalue weighted by molar-refractivity contribution is 7.89. The average molecular weight is 363 g/mol. The third-order valence-electron chi connectivity index (χ3n) is 5.47. The zero-order valence-electron chi connectivity index (χ0n) is 14.2. The van der Waals surface area contributed by atoms with E-state index in [1.165, 1.54) is 25.0 Å². The van der Waals surface area contributed by atoms with Gasteiger partial charge in [0.15, 0.2) is 0 Å². The van der Waals surface area contributed by atoms with Gasteiger partial charge in [0.25, 0.3) is 5.91 Å². The second-order valence-electron chi connectivity index (χ2n) is 7.60. The molecule has 1 amide bonds. The van der Waals surface area contributed by atoms with Crippen LogP contribution in [0.25, 0.3) is 0 Å². The Balaban J connectivity index is 1.42. The van der Waals surface area contributed by atoms with Gasteiger partial charge in [-0.2, -0.15) is 0 Å². The summed E-state index contributed by atoms with van der Waals surface area (Å²) in [4.78, 5) is 12.7. The second-order valence-corrected chi connectivity index (χ2v) is 9.37. The van der Waals surface area contributed by atoms with Crippen LogP contribution >= 0.6 is 0 Å². The zero-order valence-corrected chi connectivity index (χ0v) is 15.0. The predicted molar refractivity (Wildman–Crippen MR) is 94.8 cm³/mol. The van der Waals surface area contributed by atoms with E-state index in [1.54, 1.807) is 12.1 Å². The number of rotatable bonds is 6. The van der Waals surface area contributed by atoms with Crippen molar-refractivity contribution in [3.05, 3.63) is 29.8 Å². The molecule has 2 heterocycles. The van der Waals surface area contributed by atoms with Crippen molar-refractivity contribution >= 4 is 15.9 Å². The van der Waals surface area contributed by atoms with Crippen LogP contribution in [0, 0.1) is 5.92 Å². The van der Waals surface area contributed by atoms with Gasteiger partial charge in [-0.25, -0.2) is 13.1 Å². The first kappa shape index (κ1) is 17.0. The zero-order chi connectivity index (χ0) is 17.4. The highest BCUT2D eigenvalue weighted by atomic mass is 32.2. The highest BCUT2D eigenvalue weighted by Crippen LogP contribution is 2.28. The summed E-state index contributed by atoms with van der Waals surface area (Å²) in [6.07, 6.45) is 6.42. The van der Waals surface area contributed by atoms with Crippen LogP contribution in [-0.4, -0.2) is 39.0 Å². The maximum atomic E-state index is 12.6. The van der Waals surface area contributed by atoms with Gasteiger partial charge in [0.1, 0.15) is 0 Å². The third kappa shape index (κ3) is 4.04. The molecular weight excluding hydrogens is 338 g/mol. The van der Waals surface area contributed by atoms with Crippen LogP contribution in [0.1, 0.15) is 48.9 Å². The Bertz CT molecular complexity index is 749. The second kappa shape index (κ2) is 6.70. The summed E-state index contributed by atoms with van der Waals surface area (Å²) in [7, 11) is -3.55. The molecule has 1 aliphatic carbocycles. The predicted octanol–water partition coefficient (Wildman–Crippen LogP) is 1.39. The monoisotopic (exact) mass is 363 g/mol. The molecule has 0 radical (unpaired) electrons. The number of amides is 1. The molecule has 136 valence electrons. The van der Waals surface area contributed by atoms with Crippen molar-refractivity contribution in [2.45, 2.75) is 61.5 Å². The molecule has 1 aromatic rings. The summed E-state index contributed by atoms with van der Waals surface area (Å²) in [5, 5.41) is 6.63. The topological polar surface area (TPSA) is 87.3 Å². The van der Waals surface area contributed by atoms with Crippen molar-refractivity contribution in [2.24, 2.45) is 5.92 Å². The fourth-order valence-corrected chi connectivity index (χ4v) is 5.04. The maximum absolute atomic E-state index is 12.6. The summed E-state index contributed by atoms with van der Waals surface area (Å²) in [6.45, 7) is 0.483. The van der Waals surface area contributed by atoms with Gasteiger partial charge in [-0.15, -0.1) is 0 Å². The molecule has 0 spiro atoms. The van der Waals surface area contributed by atoms with E-state index in [0.717, 1.165) is 25.7 Å². The summed E-state index contributed by atoms with van der Waals surface area (Å²) < 4.78 is 27.4. The number of benzene rings is 1. The molecule has 2 atom stereocenters. The van der Waals surface area contributed by atoms with Gasteiger partial charge >= 0.3 is 0 Å². The Labute approximate surface area is 148 Å². The standard InChI is InChI=1S/C18H25N3O3S/c22-18(21-16-9-14-6-7-15(10-16)20-14)13-2-1-3-17(8-13)25(23,24)19-11-12-4-5-12/h1-3,8,12,14-16,19-20H,4-7,9-11H2,(H,21,22). The molecule has 3 fully saturated rings. The number of hydrogen-bond acceptors (Lipinski definition) is 4. The lowest BCUT2D eigenvalue weighted by Gasteiger charge is -2.29. The van der Waals surface area contributed by atoms with Gasteiger partial charge in [0.2, 0.25) is 10.0 Å². The van der Waals surface area contributed by atoms with Crippen LogP contribution in [0.5, 0.6) is 0 Å². The summed E-state index contributed by atoms with van der Waals surface area (Å²) in [5.74, 6) is 0.280. The molecule has 0 aromatic heterocycles. The smallest absolute Gasteiger partial charge is 0.251 e. The normalized spacial score (nSPS) is 28.7. The molecule has 7 heteroatoms. The summed E-state index contributed by atoms with van der Waals surface area (Å²) >= 11 is 0. The third-order valence-corrected chi connectivity index (χ3v) is 6.90. The molecule has 2 unspecified atom stereocenters. The average Bonchev–Trinajstić information content (AvgIpc) is 3.37. The van der Waals surface area contributed by atoms with Crippen LogP contribution < -0.4 is 15.4 Å². The SMILES string of the molecule is O=C(NC1CC2CCC(C1)N2)c1cccc(S(=O)(=O)NCC2CC2)c1. The van der Waals surface area contributed by atoms with E-state index in [4.69, 9.17) is 0 Å². The number of fused-ring (bicyclic) bond motifs is 2. The number of hydrogen-bond donors (Lipinski definition) is 3. The molecule has 25 heavy (non-hydrogen) atoms. The van der Waals surface area contributed by atoms with Crippen molar-refractivity contribution in [1.82, 2.24) is 15.4 Å². The lowest BCUT2D eigenvalue weighted by Crippen LogP contribution is -2.48. The maximum Gasteiger partial charge on any atom is 0.251 e. The number of carbonyl (C=O) groups excluding carboxylic acids is 1. The first-order chi connectivity index (χ1) is 12.0. The molecule has 2 bridgehead atoms. The van der Waals surface area contributed by atoms with Crippen LogP contribution in [0.4, 0.5) is 0 Å². The van der Waals surface area contributed by atoms with Crippen molar-refractivity contribution in [3.8, 4) is 0 Å². The molecule has 4 rings (SSSR count). The Morgan fingerprint density at radius 1 is 1.12 bits per heavy atom. The minimum absolute atomic E-state index is 0.159. The van der Waals surface area contributed by atoms with Crippen molar-refractivity contribution < 1.29 is 13.2 Å². The lowest BCUT2D eigenvalue weighted by atomic mass is 9.99. The van der Waals surface area contributed by atoms with E-state index in [2.05, 4.69) is 15.4 Å². The number of piperidine rings is 1. The molecule has 3 aliphatic rings. The van der Waals surface area contributed by atoms with E-state index in [1.807, 2.05) is 0 Å². The minimum Gasteiger partial charge on any atom is -0.349 e. The minimum atomic E-state index is -3.55. The van der Waals surface area contributed by atoms with Gasteiger partial charge < -0.3 is 10.6 Å². The molecule has 3 N–H and O–H groups in total. The molecule has 1 saturated carbocycles. The van der Waals surface area contributed by atoms with Crippen molar-refractivity contribution in [3.63, 3.8) is 0 Å². The Hall–Kier alpha value is -1.44. The van der Waals surface area contributed by atoms with E-state index in [9.17, 15) is 13.2 Å². The summed E-state index contributed by atoms with van der Waals surface area (Å²) in [5.41, 5.74) is 0.403. The first-order valence-electron chi connectivity index (χ1n) is 9.16.